The molecule has 6 nitrogen and oxygen atoms in total. The normalized spacial score (nSPS) is 24.9. The quantitative estimate of drug-likeness (QED) is 0.606. The third-order valence-electron chi connectivity index (χ3n) is 2.80. The first-order valence-electron chi connectivity index (χ1n) is 5.60. The van der Waals surface area contributed by atoms with E-state index >= 15 is 0 Å². The largest absolute Gasteiger partial charge is 0.339 e. The number of amides is 3. The van der Waals surface area contributed by atoms with Crippen LogP contribution in [-0.4, -0.2) is 59.8 Å². The lowest BCUT2D eigenvalue weighted by molar-refractivity contribution is -0.129. The minimum atomic E-state index is -0.394. The zero-order valence-corrected chi connectivity index (χ0v) is 10.2. The number of nitrogens with zero attached hydrogens (tertiary/aromatic N) is 1. The van der Waals surface area contributed by atoms with Crippen LogP contribution in [-0.2, 0) is 14.4 Å². The van der Waals surface area contributed by atoms with Gasteiger partial charge < -0.3 is 10.2 Å². The minimum absolute atomic E-state index is 0.0450. The molecule has 2 aliphatic heterocycles. The highest BCUT2D eigenvalue weighted by molar-refractivity contribution is 8.01. The molecule has 0 bridgehead atoms. The summed E-state index contributed by atoms with van der Waals surface area (Å²) >= 11 is 1.25. The van der Waals surface area contributed by atoms with Crippen LogP contribution < -0.4 is 10.6 Å². The maximum absolute atomic E-state index is 11.8. The first kappa shape index (κ1) is 12.4. The number of carbonyl (C=O) groups excluding carboxylic acids is 3. The molecular weight excluding hydrogens is 242 g/mol. The molecule has 1 atom stereocenters. The van der Waals surface area contributed by atoms with Crippen LogP contribution in [0.4, 0.5) is 0 Å². The van der Waals surface area contributed by atoms with Gasteiger partial charge in [0.05, 0.1) is 11.0 Å². The van der Waals surface area contributed by atoms with Crippen molar-refractivity contribution in [2.75, 3.05) is 31.9 Å². The molecule has 2 saturated heterocycles. The van der Waals surface area contributed by atoms with E-state index in [-0.39, 0.29) is 29.9 Å². The van der Waals surface area contributed by atoms with Crippen molar-refractivity contribution in [2.24, 2.45) is 0 Å². The second-order valence-electron chi connectivity index (χ2n) is 4.05. The number of thioether (sulfide) groups is 1. The molecular formula is C10H15N3O3S. The molecule has 2 N–H and O–H groups in total. The van der Waals surface area contributed by atoms with Gasteiger partial charge in [-0.2, -0.15) is 0 Å². The van der Waals surface area contributed by atoms with Crippen molar-refractivity contribution in [3.63, 3.8) is 0 Å². The van der Waals surface area contributed by atoms with E-state index in [0.29, 0.717) is 0 Å². The summed E-state index contributed by atoms with van der Waals surface area (Å²) in [7, 11) is 0. The molecule has 0 aromatic carbocycles. The van der Waals surface area contributed by atoms with Crippen molar-refractivity contribution >= 4 is 29.5 Å². The molecule has 0 radical (unpaired) electrons. The van der Waals surface area contributed by atoms with Gasteiger partial charge in [0.25, 0.3) is 0 Å². The molecule has 0 aromatic heterocycles. The number of hydrogen-bond donors (Lipinski definition) is 2. The molecule has 2 fully saturated rings. The number of nitrogens with one attached hydrogen (secondary N) is 2. The molecule has 2 aliphatic rings. The Morgan fingerprint density at radius 3 is 2.65 bits per heavy atom. The van der Waals surface area contributed by atoms with Gasteiger partial charge in [0.1, 0.15) is 0 Å². The molecule has 0 aromatic rings. The Kier molecular flexibility index (Phi) is 4.01. The lowest BCUT2D eigenvalue weighted by atomic mass is 10.3. The molecule has 0 saturated carbocycles. The SMILES string of the molecule is O=C1CC(SCC(=O)N2CCNCC2)C(=O)N1. The molecule has 7 heteroatoms. The number of imide groups is 1. The number of carbonyl (C=O) groups is 3. The molecule has 2 rings (SSSR count). The standard InChI is InChI=1S/C10H15N3O3S/c14-8-5-7(10(16)12-8)17-6-9(15)13-3-1-11-2-4-13/h7,11H,1-6H2,(H,12,14,16). The van der Waals surface area contributed by atoms with Crippen LogP contribution in [0.2, 0.25) is 0 Å². The lowest BCUT2D eigenvalue weighted by Gasteiger charge is -2.27. The van der Waals surface area contributed by atoms with Gasteiger partial charge in [-0.05, 0) is 0 Å². The fraction of sp³-hybridized carbons (Fsp3) is 0.700. The molecule has 0 spiro atoms. The fourth-order valence-electron chi connectivity index (χ4n) is 1.84. The summed E-state index contributed by atoms with van der Waals surface area (Å²) in [6.45, 7) is 3.07. The maximum Gasteiger partial charge on any atom is 0.240 e. The second kappa shape index (κ2) is 5.50. The Balaban J connectivity index is 1.75. The fourth-order valence-corrected chi connectivity index (χ4v) is 2.85. The third kappa shape index (κ3) is 3.19. The monoisotopic (exact) mass is 257 g/mol. The number of rotatable bonds is 3. The van der Waals surface area contributed by atoms with E-state index in [1.165, 1.54) is 11.8 Å². The summed E-state index contributed by atoms with van der Waals surface area (Å²) in [4.78, 5) is 35.8. The van der Waals surface area contributed by atoms with Crippen molar-refractivity contribution in [3.8, 4) is 0 Å². The highest BCUT2D eigenvalue weighted by Crippen LogP contribution is 2.19. The van der Waals surface area contributed by atoms with Crippen molar-refractivity contribution in [3.05, 3.63) is 0 Å². The Bertz CT molecular complexity index is 342. The second-order valence-corrected chi connectivity index (χ2v) is 5.24. The highest BCUT2D eigenvalue weighted by Gasteiger charge is 2.31. The predicted octanol–water partition coefficient (Wildman–Crippen LogP) is -1.43. The van der Waals surface area contributed by atoms with Crippen LogP contribution in [0.3, 0.4) is 0 Å². The summed E-state index contributed by atoms with van der Waals surface area (Å²) < 4.78 is 0. The summed E-state index contributed by atoms with van der Waals surface area (Å²) in [5.74, 6) is -0.204. The van der Waals surface area contributed by atoms with Gasteiger partial charge in [-0.25, -0.2) is 0 Å². The van der Waals surface area contributed by atoms with Gasteiger partial charge in [0, 0.05) is 32.6 Å². The maximum atomic E-state index is 11.8. The lowest BCUT2D eigenvalue weighted by Crippen LogP contribution is -2.47. The van der Waals surface area contributed by atoms with Crippen LogP contribution in [0.1, 0.15) is 6.42 Å². The molecule has 1 unspecified atom stereocenters. The first-order chi connectivity index (χ1) is 8.16. The van der Waals surface area contributed by atoms with Gasteiger partial charge in [0.2, 0.25) is 17.7 Å². The summed E-state index contributed by atoms with van der Waals surface area (Å²) in [5.41, 5.74) is 0. The number of piperazine rings is 1. The van der Waals surface area contributed by atoms with Crippen molar-refractivity contribution in [1.29, 1.82) is 0 Å². The van der Waals surface area contributed by atoms with Crippen LogP contribution in [0.25, 0.3) is 0 Å². The summed E-state index contributed by atoms with van der Waals surface area (Å²) in [6.07, 6.45) is 0.193. The Labute approximate surface area is 103 Å². The van der Waals surface area contributed by atoms with E-state index in [1.54, 1.807) is 4.90 Å². The van der Waals surface area contributed by atoms with Crippen LogP contribution >= 0.6 is 11.8 Å². The van der Waals surface area contributed by atoms with Crippen molar-refractivity contribution in [1.82, 2.24) is 15.5 Å². The topological polar surface area (TPSA) is 78.5 Å². The van der Waals surface area contributed by atoms with Gasteiger partial charge in [-0.1, -0.05) is 0 Å². The Morgan fingerprint density at radius 1 is 1.35 bits per heavy atom. The van der Waals surface area contributed by atoms with Crippen LogP contribution in [0.5, 0.6) is 0 Å². The van der Waals surface area contributed by atoms with Gasteiger partial charge in [-0.3, -0.25) is 19.7 Å². The van der Waals surface area contributed by atoms with E-state index < -0.39 is 5.25 Å². The number of hydrogen-bond acceptors (Lipinski definition) is 5. The average Bonchev–Trinajstić information content (AvgIpc) is 2.66. The molecule has 0 aliphatic carbocycles. The Morgan fingerprint density at radius 2 is 2.06 bits per heavy atom. The Hall–Kier alpha value is -1.08. The molecule has 94 valence electrons. The zero-order valence-electron chi connectivity index (χ0n) is 9.40. The molecule has 3 amide bonds. The minimum Gasteiger partial charge on any atom is -0.339 e. The van der Waals surface area contributed by atoms with E-state index in [0.717, 1.165) is 26.2 Å². The smallest absolute Gasteiger partial charge is 0.240 e. The average molecular weight is 257 g/mol. The van der Waals surface area contributed by atoms with Gasteiger partial charge in [-0.15, -0.1) is 11.8 Å². The summed E-state index contributed by atoms with van der Waals surface area (Å²) in [5, 5.41) is 5.01. The predicted molar refractivity (Wildman–Crippen MR) is 63.5 cm³/mol. The van der Waals surface area contributed by atoms with Crippen molar-refractivity contribution in [2.45, 2.75) is 11.7 Å². The van der Waals surface area contributed by atoms with E-state index in [4.69, 9.17) is 0 Å². The van der Waals surface area contributed by atoms with E-state index in [2.05, 4.69) is 10.6 Å². The van der Waals surface area contributed by atoms with E-state index in [9.17, 15) is 14.4 Å². The van der Waals surface area contributed by atoms with Gasteiger partial charge >= 0.3 is 0 Å². The van der Waals surface area contributed by atoms with Gasteiger partial charge in [0.15, 0.2) is 0 Å². The first-order valence-corrected chi connectivity index (χ1v) is 6.65. The third-order valence-corrected chi connectivity index (χ3v) is 4.00. The zero-order chi connectivity index (χ0) is 12.3. The van der Waals surface area contributed by atoms with Crippen LogP contribution in [0, 0.1) is 0 Å². The summed E-state index contributed by atoms with van der Waals surface area (Å²) in [6, 6.07) is 0. The molecule has 2 heterocycles. The van der Waals surface area contributed by atoms with Crippen molar-refractivity contribution < 1.29 is 14.4 Å². The van der Waals surface area contributed by atoms with Crippen LogP contribution in [0.15, 0.2) is 0 Å². The molecule has 17 heavy (non-hydrogen) atoms. The van der Waals surface area contributed by atoms with E-state index in [1.807, 2.05) is 0 Å². The highest BCUT2D eigenvalue weighted by atomic mass is 32.2.